The molecule has 0 radical (unpaired) electrons. The van der Waals surface area contributed by atoms with E-state index in [9.17, 15) is 18.0 Å². The number of methoxy groups -OCH3 is 1. The Morgan fingerprint density at radius 2 is 1.96 bits per heavy atom. The summed E-state index contributed by atoms with van der Waals surface area (Å²) < 4.78 is 35.2. The highest BCUT2D eigenvalue weighted by atomic mass is 35.5. The number of halogens is 1. The number of nitrogens with one attached hydrogen (secondary N) is 1. The second kappa shape index (κ2) is 9.14. The van der Waals surface area contributed by atoms with Gasteiger partial charge in [0.2, 0.25) is 10.0 Å². The Labute approximate surface area is 152 Å². The number of benzene rings is 1. The molecular weight excluding hydrogens is 372 g/mol. The van der Waals surface area contributed by atoms with Crippen LogP contribution >= 0.6 is 11.6 Å². The van der Waals surface area contributed by atoms with E-state index in [1.54, 1.807) is 0 Å². The number of amides is 1. The molecule has 0 aliphatic carbocycles. The lowest BCUT2D eigenvalue weighted by Gasteiger charge is -2.15. The SMILES string of the molecule is COCCNC(=O)[C@@H](C)OC(=O)c1cc(S(=O)(=O)N(C)C)ccc1Cl. The number of rotatable bonds is 8. The van der Waals surface area contributed by atoms with Gasteiger partial charge in [0.05, 0.1) is 22.1 Å². The maximum Gasteiger partial charge on any atom is 0.340 e. The van der Waals surface area contributed by atoms with Crippen molar-refractivity contribution in [1.29, 1.82) is 0 Å². The second-order valence-corrected chi connectivity index (χ2v) is 7.82. The van der Waals surface area contributed by atoms with Crippen molar-refractivity contribution in [2.75, 3.05) is 34.4 Å². The van der Waals surface area contributed by atoms with Crippen molar-refractivity contribution >= 4 is 33.5 Å². The summed E-state index contributed by atoms with van der Waals surface area (Å²) in [5.41, 5.74) is -0.138. The first-order chi connectivity index (χ1) is 11.6. The molecule has 0 aromatic heterocycles. The zero-order valence-electron chi connectivity index (χ0n) is 14.4. The van der Waals surface area contributed by atoms with Gasteiger partial charge in [-0.3, -0.25) is 4.79 Å². The molecular formula is C15H21ClN2O6S. The first kappa shape index (κ1) is 21.4. The fourth-order valence-electron chi connectivity index (χ4n) is 1.73. The molecule has 1 amide bonds. The van der Waals surface area contributed by atoms with Crippen LogP contribution in [0.4, 0.5) is 0 Å². The molecule has 1 atom stereocenters. The van der Waals surface area contributed by atoms with E-state index in [2.05, 4.69) is 5.32 Å². The number of sulfonamides is 1. The Kier molecular flexibility index (Phi) is 7.81. The van der Waals surface area contributed by atoms with Gasteiger partial charge in [-0.05, 0) is 25.1 Å². The molecule has 1 aromatic rings. The van der Waals surface area contributed by atoms with Gasteiger partial charge in [0, 0.05) is 27.7 Å². The van der Waals surface area contributed by atoms with Gasteiger partial charge in [-0.15, -0.1) is 0 Å². The van der Waals surface area contributed by atoms with Crippen molar-refractivity contribution in [3.63, 3.8) is 0 Å². The number of hydrogen-bond donors (Lipinski definition) is 1. The Balaban J connectivity index is 2.93. The van der Waals surface area contributed by atoms with E-state index in [4.69, 9.17) is 21.1 Å². The molecule has 1 N–H and O–H groups in total. The van der Waals surface area contributed by atoms with E-state index in [1.807, 2.05) is 0 Å². The normalized spacial score (nSPS) is 12.7. The molecule has 0 saturated heterocycles. The van der Waals surface area contributed by atoms with Gasteiger partial charge in [0.25, 0.3) is 5.91 Å². The van der Waals surface area contributed by atoms with E-state index < -0.39 is 28.0 Å². The van der Waals surface area contributed by atoms with Crippen LogP contribution < -0.4 is 5.32 Å². The van der Waals surface area contributed by atoms with E-state index >= 15 is 0 Å². The molecule has 8 nitrogen and oxygen atoms in total. The van der Waals surface area contributed by atoms with Crippen LogP contribution in [0.5, 0.6) is 0 Å². The van der Waals surface area contributed by atoms with Crippen LogP contribution in [0.25, 0.3) is 0 Å². The summed E-state index contributed by atoms with van der Waals surface area (Å²) in [6, 6.07) is 3.70. The Morgan fingerprint density at radius 1 is 1.32 bits per heavy atom. The van der Waals surface area contributed by atoms with Crippen molar-refractivity contribution in [2.24, 2.45) is 0 Å². The maximum absolute atomic E-state index is 12.2. The molecule has 140 valence electrons. The molecule has 0 heterocycles. The molecule has 0 aliphatic heterocycles. The molecule has 10 heteroatoms. The lowest BCUT2D eigenvalue weighted by atomic mass is 10.2. The van der Waals surface area contributed by atoms with Crippen molar-refractivity contribution in [3.8, 4) is 0 Å². The van der Waals surface area contributed by atoms with Crippen LogP contribution in [0.2, 0.25) is 5.02 Å². The molecule has 0 unspecified atom stereocenters. The van der Waals surface area contributed by atoms with Crippen molar-refractivity contribution < 1.29 is 27.5 Å². The smallest absolute Gasteiger partial charge is 0.340 e. The molecule has 0 saturated carbocycles. The van der Waals surface area contributed by atoms with Crippen LogP contribution in [0.15, 0.2) is 23.1 Å². The summed E-state index contributed by atoms with van der Waals surface area (Å²) in [6.07, 6.45) is -1.07. The van der Waals surface area contributed by atoms with Crippen molar-refractivity contribution in [2.45, 2.75) is 17.9 Å². The number of ether oxygens (including phenoxy) is 2. The van der Waals surface area contributed by atoms with Gasteiger partial charge < -0.3 is 14.8 Å². The largest absolute Gasteiger partial charge is 0.449 e. The number of carbonyl (C=O) groups excluding carboxylic acids is 2. The average Bonchev–Trinajstić information content (AvgIpc) is 2.54. The molecule has 1 rings (SSSR count). The summed E-state index contributed by atoms with van der Waals surface area (Å²) in [5, 5.41) is 2.55. The third-order valence-electron chi connectivity index (χ3n) is 3.19. The zero-order chi connectivity index (χ0) is 19.2. The molecule has 1 aromatic carbocycles. The van der Waals surface area contributed by atoms with E-state index in [-0.39, 0.29) is 22.0 Å². The standard InChI is InChI=1S/C15H21ClN2O6S/c1-10(14(19)17-7-8-23-4)24-15(20)12-9-11(5-6-13(12)16)25(21,22)18(2)3/h5-6,9-10H,7-8H2,1-4H3,(H,17,19)/t10-/m1/s1. The zero-order valence-corrected chi connectivity index (χ0v) is 16.0. The van der Waals surface area contributed by atoms with Gasteiger partial charge in [-0.1, -0.05) is 11.6 Å². The summed E-state index contributed by atoms with van der Waals surface area (Å²) in [7, 11) is 0.496. The first-order valence-electron chi connectivity index (χ1n) is 7.31. The summed E-state index contributed by atoms with van der Waals surface area (Å²) >= 11 is 5.96. The topological polar surface area (TPSA) is 102 Å². The third-order valence-corrected chi connectivity index (χ3v) is 5.34. The Bertz CT molecular complexity index is 736. The minimum Gasteiger partial charge on any atom is -0.449 e. The molecule has 0 aliphatic rings. The van der Waals surface area contributed by atoms with Crippen LogP contribution in [0.3, 0.4) is 0 Å². The van der Waals surface area contributed by atoms with E-state index in [1.165, 1.54) is 40.3 Å². The fourth-order valence-corrected chi connectivity index (χ4v) is 2.85. The van der Waals surface area contributed by atoms with Crippen LogP contribution in [-0.4, -0.2) is 65.1 Å². The van der Waals surface area contributed by atoms with Gasteiger partial charge in [-0.2, -0.15) is 0 Å². The first-order valence-corrected chi connectivity index (χ1v) is 9.12. The summed E-state index contributed by atoms with van der Waals surface area (Å²) in [5.74, 6) is -1.39. The van der Waals surface area contributed by atoms with Crippen LogP contribution in [0.1, 0.15) is 17.3 Å². The van der Waals surface area contributed by atoms with Gasteiger partial charge in [-0.25, -0.2) is 17.5 Å². The number of carbonyl (C=O) groups is 2. The fraction of sp³-hybridized carbons (Fsp3) is 0.467. The number of hydrogen-bond acceptors (Lipinski definition) is 6. The predicted octanol–water partition coefficient (Wildman–Crippen LogP) is 0.898. The van der Waals surface area contributed by atoms with Gasteiger partial charge in [0.1, 0.15) is 0 Å². The minimum absolute atomic E-state index is 0.0229. The number of nitrogens with zero attached hydrogens (tertiary/aromatic N) is 1. The Morgan fingerprint density at radius 3 is 2.52 bits per heavy atom. The van der Waals surface area contributed by atoms with E-state index in [0.29, 0.717) is 6.61 Å². The Hall–Kier alpha value is -1.68. The maximum atomic E-state index is 12.2. The van der Waals surface area contributed by atoms with Crippen LogP contribution in [0, 0.1) is 0 Å². The highest BCUT2D eigenvalue weighted by Crippen LogP contribution is 2.23. The molecule has 25 heavy (non-hydrogen) atoms. The summed E-state index contributed by atoms with van der Waals surface area (Å²) in [6.45, 7) is 1.99. The number of esters is 1. The minimum atomic E-state index is -3.74. The average molecular weight is 393 g/mol. The van der Waals surface area contributed by atoms with E-state index in [0.717, 1.165) is 10.4 Å². The lowest BCUT2D eigenvalue weighted by Crippen LogP contribution is -2.37. The summed E-state index contributed by atoms with van der Waals surface area (Å²) in [4.78, 5) is 23.9. The quantitative estimate of drug-likeness (QED) is 0.521. The highest BCUT2D eigenvalue weighted by molar-refractivity contribution is 7.89. The molecule has 0 spiro atoms. The monoisotopic (exact) mass is 392 g/mol. The van der Waals surface area contributed by atoms with Gasteiger partial charge >= 0.3 is 5.97 Å². The lowest BCUT2D eigenvalue weighted by molar-refractivity contribution is -0.129. The van der Waals surface area contributed by atoms with Crippen LogP contribution in [-0.2, 0) is 24.3 Å². The molecule has 0 fully saturated rings. The van der Waals surface area contributed by atoms with Crippen molar-refractivity contribution in [1.82, 2.24) is 9.62 Å². The molecule has 0 bridgehead atoms. The van der Waals surface area contributed by atoms with Gasteiger partial charge in [0.15, 0.2) is 6.10 Å². The van der Waals surface area contributed by atoms with Crippen molar-refractivity contribution in [3.05, 3.63) is 28.8 Å². The highest BCUT2D eigenvalue weighted by Gasteiger charge is 2.24. The third kappa shape index (κ3) is 5.67. The second-order valence-electron chi connectivity index (χ2n) is 5.26. The predicted molar refractivity (Wildman–Crippen MR) is 92.1 cm³/mol.